The summed E-state index contributed by atoms with van der Waals surface area (Å²) in [6.45, 7) is 0.701. The number of benzene rings is 1. The second-order valence-electron chi connectivity index (χ2n) is 6.38. The maximum atomic E-state index is 12.6. The van der Waals surface area contributed by atoms with Gasteiger partial charge in [-0.25, -0.2) is 8.42 Å². The molecule has 0 amide bonds. The molecule has 1 aromatic carbocycles. The average molecular weight is 387 g/mol. The Morgan fingerprint density at radius 2 is 2.00 bits per heavy atom. The molecule has 27 heavy (non-hydrogen) atoms. The molecule has 0 radical (unpaired) electrons. The number of carboxylic acid groups (broad SMARTS) is 1. The number of nitrogens with two attached hydrogens (primary N) is 1. The first-order valence-electron chi connectivity index (χ1n) is 8.55. The third kappa shape index (κ3) is 4.41. The Hall–Kier alpha value is -2.55. The normalized spacial score (nSPS) is 16.6. The van der Waals surface area contributed by atoms with Crippen LogP contribution in [0.3, 0.4) is 0 Å². The zero-order chi connectivity index (χ0) is 19.4. The van der Waals surface area contributed by atoms with Crippen LogP contribution >= 0.6 is 0 Å². The number of hydrogen-bond donors (Lipinski definition) is 2. The van der Waals surface area contributed by atoms with Crippen molar-refractivity contribution in [1.82, 2.24) is 9.29 Å². The number of carbonyl (C=O) groups is 1. The lowest BCUT2D eigenvalue weighted by molar-refractivity contribution is -0.138. The van der Waals surface area contributed by atoms with Crippen molar-refractivity contribution < 1.29 is 18.3 Å². The van der Waals surface area contributed by atoms with Crippen LogP contribution in [-0.2, 0) is 21.2 Å². The minimum Gasteiger partial charge on any atom is -0.480 e. The van der Waals surface area contributed by atoms with Crippen molar-refractivity contribution in [2.45, 2.75) is 23.8 Å². The van der Waals surface area contributed by atoms with E-state index in [1.165, 1.54) is 10.5 Å². The van der Waals surface area contributed by atoms with Crippen LogP contribution in [0.15, 0.2) is 59.8 Å². The predicted molar refractivity (Wildman–Crippen MR) is 101 cm³/mol. The first kappa shape index (κ1) is 19.2. The first-order chi connectivity index (χ1) is 12.9. The van der Waals surface area contributed by atoms with Gasteiger partial charge in [0, 0.05) is 25.5 Å². The molecule has 2 heterocycles. The van der Waals surface area contributed by atoms with E-state index in [4.69, 9.17) is 10.8 Å². The van der Waals surface area contributed by atoms with E-state index in [-0.39, 0.29) is 11.3 Å². The lowest BCUT2D eigenvalue weighted by Gasteiger charge is -2.26. The van der Waals surface area contributed by atoms with E-state index in [0.717, 1.165) is 16.7 Å². The van der Waals surface area contributed by atoms with Crippen LogP contribution in [0.4, 0.5) is 0 Å². The summed E-state index contributed by atoms with van der Waals surface area (Å²) >= 11 is 0. The SMILES string of the molecule is N[C@@H](Cc1ccc(C2=CCN(S(=O)(=O)c3cccnc3)CC2)cc1)C(=O)O. The third-order valence-corrected chi connectivity index (χ3v) is 6.39. The van der Waals surface area contributed by atoms with Crippen molar-refractivity contribution in [3.8, 4) is 0 Å². The molecule has 0 saturated heterocycles. The first-order valence-corrected chi connectivity index (χ1v) is 9.99. The van der Waals surface area contributed by atoms with E-state index in [1.807, 2.05) is 30.3 Å². The van der Waals surface area contributed by atoms with Crippen LogP contribution in [0, 0.1) is 0 Å². The number of nitrogens with zero attached hydrogens (tertiary/aromatic N) is 2. The van der Waals surface area contributed by atoms with Gasteiger partial charge in [0.25, 0.3) is 0 Å². The topological polar surface area (TPSA) is 114 Å². The van der Waals surface area contributed by atoms with Crippen molar-refractivity contribution in [3.05, 3.63) is 66.0 Å². The Labute approximate surface area is 158 Å². The highest BCUT2D eigenvalue weighted by Crippen LogP contribution is 2.26. The summed E-state index contributed by atoms with van der Waals surface area (Å²) in [6.07, 6.45) is 5.68. The van der Waals surface area contributed by atoms with Crippen LogP contribution in [0.2, 0.25) is 0 Å². The highest BCUT2D eigenvalue weighted by Gasteiger charge is 2.26. The molecule has 1 aliphatic heterocycles. The molecule has 0 aliphatic carbocycles. The summed E-state index contributed by atoms with van der Waals surface area (Å²) < 4.78 is 26.7. The van der Waals surface area contributed by atoms with Gasteiger partial charge in [0.15, 0.2) is 0 Å². The summed E-state index contributed by atoms with van der Waals surface area (Å²) in [5.41, 5.74) is 8.48. The average Bonchev–Trinajstić information content (AvgIpc) is 2.69. The quantitative estimate of drug-likeness (QED) is 0.777. The highest BCUT2D eigenvalue weighted by molar-refractivity contribution is 7.89. The van der Waals surface area contributed by atoms with Gasteiger partial charge < -0.3 is 10.8 Å². The molecule has 0 spiro atoms. The molecule has 2 aromatic rings. The fraction of sp³-hybridized carbons (Fsp3) is 0.263. The van der Waals surface area contributed by atoms with Crippen LogP contribution < -0.4 is 5.73 Å². The van der Waals surface area contributed by atoms with Gasteiger partial charge in [-0.15, -0.1) is 0 Å². The summed E-state index contributed by atoms with van der Waals surface area (Å²) in [5, 5.41) is 8.88. The van der Waals surface area contributed by atoms with E-state index < -0.39 is 22.0 Å². The highest BCUT2D eigenvalue weighted by atomic mass is 32.2. The van der Waals surface area contributed by atoms with Gasteiger partial charge in [0.1, 0.15) is 10.9 Å². The molecule has 1 aliphatic rings. The van der Waals surface area contributed by atoms with Crippen molar-refractivity contribution in [2.24, 2.45) is 5.73 Å². The molecule has 0 unspecified atom stereocenters. The summed E-state index contributed by atoms with van der Waals surface area (Å²) in [6, 6.07) is 9.78. The summed E-state index contributed by atoms with van der Waals surface area (Å²) in [7, 11) is -3.54. The molecular weight excluding hydrogens is 366 g/mol. The van der Waals surface area contributed by atoms with E-state index in [2.05, 4.69) is 4.98 Å². The smallest absolute Gasteiger partial charge is 0.320 e. The maximum absolute atomic E-state index is 12.6. The van der Waals surface area contributed by atoms with Gasteiger partial charge in [0.05, 0.1) is 0 Å². The van der Waals surface area contributed by atoms with Crippen molar-refractivity contribution >= 4 is 21.6 Å². The molecule has 3 rings (SSSR count). The Balaban J connectivity index is 1.69. The lowest BCUT2D eigenvalue weighted by Crippen LogP contribution is -2.34. The van der Waals surface area contributed by atoms with Gasteiger partial charge >= 0.3 is 5.97 Å². The maximum Gasteiger partial charge on any atom is 0.320 e. The van der Waals surface area contributed by atoms with Crippen molar-refractivity contribution in [3.63, 3.8) is 0 Å². The van der Waals surface area contributed by atoms with Gasteiger partial charge in [-0.2, -0.15) is 4.31 Å². The van der Waals surface area contributed by atoms with E-state index >= 15 is 0 Å². The molecule has 3 N–H and O–H groups in total. The number of pyridine rings is 1. The molecule has 1 atom stereocenters. The standard InChI is InChI=1S/C19H21N3O4S/c20-18(19(23)24)12-14-3-5-15(6-4-14)16-7-10-22(11-8-16)27(25,26)17-2-1-9-21-13-17/h1-7,9,13,18H,8,10-12,20H2,(H,23,24)/t18-/m0/s1. The Morgan fingerprint density at radius 3 is 2.56 bits per heavy atom. The second-order valence-corrected chi connectivity index (χ2v) is 8.31. The number of aliphatic carboxylic acids is 1. The Morgan fingerprint density at radius 1 is 1.26 bits per heavy atom. The largest absolute Gasteiger partial charge is 0.480 e. The van der Waals surface area contributed by atoms with Crippen LogP contribution in [-0.4, -0.2) is 47.9 Å². The molecule has 0 bridgehead atoms. The fourth-order valence-electron chi connectivity index (χ4n) is 2.98. The van der Waals surface area contributed by atoms with E-state index in [9.17, 15) is 13.2 Å². The summed E-state index contributed by atoms with van der Waals surface area (Å²) in [5.74, 6) is -1.02. The zero-order valence-corrected chi connectivity index (χ0v) is 15.5. The molecule has 0 saturated carbocycles. The molecule has 1 aromatic heterocycles. The monoisotopic (exact) mass is 387 g/mol. The number of aromatic nitrogens is 1. The number of carboxylic acids is 1. The van der Waals surface area contributed by atoms with Gasteiger partial charge in [-0.1, -0.05) is 30.3 Å². The second kappa shape index (κ2) is 7.99. The predicted octanol–water partition coefficient (Wildman–Crippen LogP) is 1.51. The Kier molecular flexibility index (Phi) is 5.69. The van der Waals surface area contributed by atoms with Crippen molar-refractivity contribution in [1.29, 1.82) is 0 Å². The van der Waals surface area contributed by atoms with Crippen molar-refractivity contribution in [2.75, 3.05) is 13.1 Å². The van der Waals surface area contributed by atoms with Gasteiger partial charge in [0.2, 0.25) is 10.0 Å². The van der Waals surface area contributed by atoms with Gasteiger partial charge in [-0.05, 0) is 41.7 Å². The summed E-state index contributed by atoms with van der Waals surface area (Å²) in [4.78, 5) is 14.9. The molecule has 7 nitrogen and oxygen atoms in total. The molecular formula is C19H21N3O4S. The van der Waals surface area contributed by atoms with Crippen LogP contribution in [0.1, 0.15) is 17.5 Å². The molecule has 142 valence electrons. The van der Waals surface area contributed by atoms with Gasteiger partial charge in [-0.3, -0.25) is 9.78 Å². The fourth-order valence-corrected chi connectivity index (χ4v) is 4.32. The number of rotatable bonds is 6. The lowest BCUT2D eigenvalue weighted by atomic mass is 9.97. The van der Waals surface area contributed by atoms with Crippen LogP contribution in [0.25, 0.3) is 5.57 Å². The zero-order valence-electron chi connectivity index (χ0n) is 14.7. The molecule has 8 heteroatoms. The van der Waals surface area contributed by atoms with Crippen LogP contribution in [0.5, 0.6) is 0 Å². The minimum atomic E-state index is -3.54. The minimum absolute atomic E-state index is 0.195. The number of sulfonamides is 1. The third-order valence-electron chi connectivity index (χ3n) is 4.54. The van der Waals surface area contributed by atoms with E-state index in [0.29, 0.717) is 19.5 Å². The Bertz CT molecular complexity index is 941. The number of hydrogen-bond acceptors (Lipinski definition) is 5. The molecule has 0 fully saturated rings. The van der Waals surface area contributed by atoms with E-state index in [1.54, 1.807) is 18.3 Å².